The minimum absolute atomic E-state index is 0.158. The lowest BCUT2D eigenvalue weighted by Crippen LogP contribution is -2.18. The molecule has 1 atom stereocenters. The molecule has 0 aliphatic heterocycles. The molecule has 1 heteroatoms. The lowest BCUT2D eigenvalue weighted by Gasteiger charge is -2.26. The highest BCUT2D eigenvalue weighted by Crippen LogP contribution is 2.29. The fourth-order valence-corrected chi connectivity index (χ4v) is 1.89. The highest BCUT2D eigenvalue weighted by Gasteiger charge is 2.19. The molecule has 0 radical (unpaired) electrons. The smallest absolute Gasteiger partial charge is 0.0517 e. The standard InChI is InChI=1S/C12H26O/c1-10(2)7-6-8-12(4,5)9-11(3)13/h10-11,13H,6-9H2,1-5H3. The molecule has 0 heterocycles. The second kappa shape index (κ2) is 5.64. The van der Waals surface area contributed by atoms with E-state index in [1.165, 1.54) is 19.3 Å². The summed E-state index contributed by atoms with van der Waals surface area (Å²) in [4.78, 5) is 0. The van der Waals surface area contributed by atoms with E-state index in [0.717, 1.165) is 12.3 Å². The first kappa shape index (κ1) is 13.0. The Labute approximate surface area is 83.5 Å². The van der Waals surface area contributed by atoms with Crippen LogP contribution in [0.1, 0.15) is 60.3 Å². The van der Waals surface area contributed by atoms with Gasteiger partial charge in [0.25, 0.3) is 0 Å². The van der Waals surface area contributed by atoms with E-state index >= 15 is 0 Å². The molecule has 0 aromatic heterocycles. The quantitative estimate of drug-likeness (QED) is 0.672. The Hall–Kier alpha value is -0.0400. The van der Waals surface area contributed by atoms with E-state index in [4.69, 9.17) is 0 Å². The largest absolute Gasteiger partial charge is 0.393 e. The molecule has 13 heavy (non-hydrogen) atoms. The van der Waals surface area contributed by atoms with Crippen LogP contribution in [0, 0.1) is 11.3 Å². The Morgan fingerprint density at radius 1 is 1.15 bits per heavy atom. The van der Waals surface area contributed by atoms with E-state index in [2.05, 4.69) is 27.7 Å². The van der Waals surface area contributed by atoms with Crippen LogP contribution in [0.15, 0.2) is 0 Å². The predicted molar refractivity (Wildman–Crippen MR) is 58.8 cm³/mol. The maximum absolute atomic E-state index is 9.30. The number of hydrogen-bond donors (Lipinski definition) is 1. The summed E-state index contributed by atoms with van der Waals surface area (Å²) in [7, 11) is 0. The van der Waals surface area contributed by atoms with E-state index in [0.29, 0.717) is 5.41 Å². The fraction of sp³-hybridized carbons (Fsp3) is 1.00. The van der Waals surface area contributed by atoms with E-state index in [9.17, 15) is 5.11 Å². The zero-order valence-corrected chi connectivity index (χ0v) is 9.93. The molecule has 0 rings (SSSR count). The van der Waals surface area contributed by atoms with E-state index in [1.807, 2.05) is 6.92 Å². The third kappa shape index (κ3) is 8.29. The van der Waals surface area contributed by atoms with Gasteiger partial charge in [0.1, 0.15) is 0 Å². The molecular weight excluding hydrogens is 160 g/mol. The molecule has 0 bridgehead atoms. The van der Waals surface area contributed by atoms with Crippen LogP contribution in [0.4, 0.5) is 0 Å². The van der Waals surface area contributed by atoms with Gasteiger partial charge in [0, 0.05) is 0 Å². The third-order valence-electron chi connectivity index (χ3n) is 2.48. The second-order valence-corrected chi connectivity index (χ2v) is 5.50. The summed E-state index contributed by atoms with van der Waals surface area (Å²) in [6.07, 6.45) is 4.59. The summed E-state index contributed by atoms with van der Waals surface area (Å²) in [6, 6.07) is 0. The minimum atomic E-state index is -0.158. The van der Waals surface area contributed by atoms with Gasteiger partial charge in [-0.3, -0.25) is 0 Å². The van der Waals surface area contributed by atoms with Crippen molar-refractivity contribution in [3.63, 3.8) is 0 Å². The molecule has 1 N–H and O–H groups in total. The van der Waals surface area contributed by atoms with Crippen LogP contribution >= 0.6 is 0 Å². The minimum Gasteiger partial charge on any atom is -0.393 e. The number of hydrogen-bond acceptors (Lipinski definition) is 1. The van der Waals surface area contributed by atoms with Crippen LogP contribution in [0.5, 0.6) is 0 Å². The highest BCUT2D eigenvalue weighted by atomic mass is 16.3. The predicted octanol–water partition coefficient (Wildman–Crippen LogP) is 3.61. The molecule has 0 spiro atoms. The molecule has 0 saturated carbocycles. The van der Waals surface area contributed by atoms with Crippen LogP contribution in [0.2, 0.25) is 0 Å². The molecule has 0 amide bonds. The van der Waals surface area contributed by atoms with Crippen molar-refractivity contribution in [1.29, 1.82) is 0 Å². The van der Waals surface area contributed by atoms with E-state index in [1.54, 1.807) is 0 Å². The first-order valence-corrected chi connectivity index (χ1v) is 5.51. The van der Waals surface area contributed by atoms with Crippen LogP contribution in [-0.2, 0) is 0 Å². The van der Waals surface area contributed by atoms with Crippen LogP contribution in [0.25, 0.3) is 0 Å². The molecule has 0 aliphatic carbocycles. The van der Waals surface area contributed by atoms with Crippen LogP contribution < -0.4 is 0 Å². The van der Waals surface area contributed by atoms with Gasteiger partial charge in [-0.2, -0.15) is 0 Å². The van der Waals surface area contributed by atoms with Crippen molar-refractivity contribution in [2.24, 2.45) is 11.3 Å². The van der Waals surface area contributed by atoms with Crippen LogP contribution in [0.3, 0.4) is 0 Å². The highest BCUT2D eigenvalue weighted by molar-refractivity contribution is 4.71. The number of aliphatic hydroxyl groups is 1. The molecular formula is C12H26O. The first-order valence-electron chi connectivity index (χ1n) is 5.51. The van der Waals surface area contributed by atoms with Crippen LogP contribution in [-0.4, -0.2) is 11.2 Å². The summed E-state index contributed by atoms with van der Waals surface area (Å²) in [5.74, 6) is 0.808. The molecule has 1 unspecified atom stereocenters. The van der Waals surface area contributed by atoms with Gasteiger partial charge in [-0.1, -0.05) is 40.5 Å². The maximum atomic E-state index is 9.30. The van der Waals surface area contributed by atoms with Crippen molar-refractivity contribution in [2.45, 2.75) is 66.4 Å². The number of rotatable bonds is 6. The van der Waals surface area contributed by atoms with Gasteiger partial charge in [0.05, 0.1) is 6.10 Å². The Balaban J connectivity index is 3.62. The van der Waals surface area contributed by atoms with Gasteiger partial charge in [0.15, 0.2) is 0 Å². The van der Waals surface area contributed by atoms with Gasteiger partial charge < -0.3 is 5.11 Å². The van der Waals surface area contributed by atoms with Crippen molar-refractivity contribution in [3.05, 3.63) is 0 Å². The third-order valence-corrected chi connectivity index (χ3v) is 2.48. The average Bonchev–Trinajstić information content (AvgIpc) is 1.81. The fourth-order valence-electron chi connectivity index (χ4n) is 1.89. The second-order valence-electron chi connectivity index (χ2n) is 5.50. The molecule has 80 valence electrons. The average molecular weight is 186 g/mol. The Morgan fingerprint density at radius 3 is 2.08 bits per heavy atom. The summed E-state index contributed by atoms with van der Waals surface area (Å²) in [5.41, 5.74) is 0.309. The lowest BCUT2D eigenvalue weighted by molar-refractivity contribution is 0.122. The summed E-state index contributed by atoms with van der Waals surface area (Å²) < 4.78 is 0. The summed E-state index contributed by atoms with van der Waals surface area (Å²) >= 11 is 0. The molecule has 0 aromatic rings. The normalized spacial score (nSPS) is 15.0. The summed E-state index contributed by atoms with van der Waals surface area (Å²) in [5, 5.41) is 9.30. The van der Waals surface area contributed by atoms with Crippen molar-refractivity contribution >= 4 is 0 Å². The SMILES string of the molecule is CC(C)CCCC(C)(C)CC(C)O. The van der Waals surface area contributed by atoms with E-state index < -0.39 is 0 Å². The van der Waals surface area contributed by atoms with E-state index in [-0.39, 0.29) is 6.10 Å². The topological polar surface area (TPSA) is 20.2 Å². The molecule has 1 nitrogen and oxygen atoms in total. The van der Waals surface area contributed by atoms with Gasteiger partial charge >= 0.3 is 0 Å². The van der Waals surface area contributed by atoms with Crippen molar-refractivity contribution in [3.8, 4) is 0 Å². The zero-order valence-electron chi connectivity index (χ0n) is 9.93. The Kier molecular flexibility index (Phi) is 5.62. The van der Waals surface area contributed by atoms with Gasteiger partial charge in [0.2, 0.25) is 0 Å². The number of aliphatic hydroxyl groups excluding tert-OH is 1. The monoisotopic (exact) mass is 186 g/mol. The van der Waals surface area contributed by atoms with Gasteiger partial charge in [-0.15, -0.1) is 0 Å². The molecule has 0 aromatic carbocycles. The van der Waals surface area contributed by atoms with Crippen molar-refractivity contribution in [1.82, 2.24) is 0 Å². The molecule has 0 aliphatic rings. The van der Waals surface area contributed by atoms with Gasteiger partial charge in [-0.25, -0.2) is 0 Å². The molecule has 0 fully saturated rings. The van der Waals surface area contributed by atoms with Crippen molar-refractivity contribution < 1.29 is 5.11 Å². The summed E-state index contributed by atoms with van der Waals surface area (Å²) in [6.45, 7) is 10.9. The zero-order chi connectivity index (χ0) is 10.5. The van der Waals surface area contributed by atoms with Gasteiger partial charge in [-0.05, 0) is 31.1 Å². The van der Waals surface area contributed by atoms with Crippen molar-refractivity contribution in [2.75, 3.05) is 0 Å². The molecule has 0 saturated heterocycles. The Bertz CT molecular complexity index is 125. The maximum Gasteiger partial charge on any atom is 0.0517 e. The Morgan fingerprint density at radius 2 is 1.69 bits per heavy atom. The lowest BCUT2D eigenvalue weighted by atomic mass is 9.81. The first-order chi connectivity index (χ1) is 5.83.